The molecule has 1 aromatic rings. The molecule has 0 saturated heterocycles. The van der Waals surface area contributed by atoms with Gasteiger partial charge in [0.05, 0.1) is 5.88 Å². The molecule has 0 radical (unpaired) electrons. The van der Waals surface area contributed by atoms with E-state index in [0.717, 1.165) is 5.75 Å². The van der Waals surface area contributed by atoms with Crippen LogP contribution < -0.4 is 4.74 Å². The topological polar surface area (TPSA) is 9.23 Å². The molecule has 0 saturated carbocycles. The molecule has 1 nitrogen and oxygen atoms in total. The maximum Gasteiger partial charge on any atom is 0.119 e. The number of ether oxygens (including phenoxy) is 1. The number of halogens is 1. The number of alkyl halides is 1. The number of hydrogen-bond donors (Lipinski definition) is 0. The molecule has 0 bridgehead atoms. The summed E-state index contributed by atoms with van der Waals surface area (Å²) in [4.78, 5) is 0. The lowest BCUT2D eigenvalue weighted by molar-refractivity contribution is 0.343. The summed E-state index contributed by atoms with van der Waals surface area (Å²) in [7, 11) is 0. The molecular weight excluding hydrogens is 148 g/mol. The fraction of sp³-hybridized carbons (Fsp3) is 0.250. The van der Waals surface area contributed by atoms with Crippen LogP contribution >= 0.6 is 11.6 Å². The van der Waals surface area contributed by atoms with Crippen molar-refractivity contribution in [3.63, 3.8) is 0 Å². The molecule has 0 amide bonds. The third-order valence-corrected chi connectivity index (χ3v) is 1.24. The second kappa shape index (κ2) is 4.18. The quantitative estimate of drug-likeness (QED) is 0.611. The van der Waals surface area contributed by atoms with Gasteiger partial charge in [0, 0.05) is 0 Å². The summed E-state index contributed by atoms with van der Waals surface area (Å²) in [5.41, 5.74) is 0. The molecule has 2 heteroatoms. The Hall–Kier alpha value is -0.690. The van der Waals surface area contributed by atoms with Gasteiger partial charge in [0.1, 0.15) is 12.4 Å². The van der Waals surface area contributed by atoms with Gasteiger partial charge in [-0.2, -0.15) is 0 Å². The van der Waals surface area contributed by atoms with Crippen LogP contribution in [0.25, 0.3) is 0 Å². The normalized spacial score (nSPS) is 9.30. The Morgan fingerprint density at radius 2 is 1.90 bits per heavy atom. The Morgan fingerprint density at radius 1 is 1.20 bits per heavy atom. The van der Waals surface area contributed by atoms with E-state index in [1.54, 1.807) is 0 Å². The molecule has 0 aliphatic carbocycles. The first kappa shape index (κ1) is 7.42. The molecule has 0 spiro atoms. The molecule has 0 heterocycles. The fourth-order valence-electron chi connectivity index (χ4n) is 0.673. The molecule has 10 heavy (non-hydrogen) atoms. The predicted octanol–water partition coefficient (Wildman–Crippen LogP) is 2.30. The first-order valence-electron chi connectivity index (χ1n) is 3.17. The van der Waals surface area contributed by atoms with Crippen LogP contribution in [0.15, 0.2) is 30.3 Å². The van der Waals surface area contributed by atoms with Crippen LogP contribution in [0.3, 0.4) is 0 Å². The maximum absolute atomic E-state index is 5.43. The third-order valence-electron chi connectivity index (χ3n) is 1.09. The van der Waals surface area contributed by atoms with Crippen molar-refractivity contribution in [2.75, 3.05) is 12.5 Å². The van der Waals surface area contributed by atoms with Crippen molar-refractivity contribution >= 4 is 11.6 Å². The second-order valence-corrected chi connectivity index (χ2v) is 2.23. The Labute approximate surface area is 65.6 Å². The third kappa shape index (κ3) is 2.28. The van der Waals surface area contributed by atoms with E-state index in [0.29, 0.717) is 12.5 Å². The zero-order valence-electron chi connectivity index (χ0n) is 5.59. The number of para-hydroxylation sites is 1. The molecule has 0 N–H and O–H groups in total. The first-order valence-corrected chi connectivity index (χ1v) is 3.71. The molecular formula is C8H9ClO. The summed E-state index contributed by atoms with van der Waals surface area (Å²) >= 11 is 5.43. The van der Waals surface area contributed by atoms with E-state index in [-0.39, 0.29) is 0 Å². The SMILES string of the molecule is ClCCOc1ccccc1. The maximum atomic E-state index is 5.43. The number of benzene rings is 1. The van der Waals surface area contributed by atoms with Crippen molar-refractivity contribution in [3.8, 4) is 5.75 Å². The zero-order chi connectivity index (χ0) is 7.23. The van der Waals surface area contributed by atoms with Crippen molar-refractivity contribution < 1.29 is 4.74 Å². The van der Waals surface area contributed by atoms with Crippen molar-refractivity contribution in [2.45, 2.75) is 0 Å². The standard InChI is InChI=1S/C8H9ClO/c9-6-7-10-8-4-2-1-3-5-8/h1-5H,6-7H2. The summed E-state index contributed by atoms with van der Waals surface area (Å²) in [6.07, 6.45) is 0. The first-order chi connectivity index (χ1) is 4.93. The van der Waals surface area contributed by atoms with E-state index in [1.165, 1.54) is 0 Å². The van der Waals surface area contributed by atoms with Crippen LogP contribution in [0.2, 0.25) is 0 Å². The van der Waals surface area contributed by atoms with Gasteiger partial charge in [0.15, 0.2) is 0 Å². The smallest absolute Gasteiger partial charge is 0.119 e. The highest BCUT2D eigenvalue weighted by molar-refractivity contribution is 6.17. The van der Waals surface area contributed by atoms with E-state index >= 15 is 0 Å². The molecule has 0 aromatic heterocycles. The lowest BCUT2D eigenvalue weighted by Gasteiger charge is -2.00. The van der Waals surface area contributed by atoms with Crippen LogP contribution in [-0.2, 0) is 0 Å². The van der Waals surface area contributed by atoms with Gasteiger partial charge in [-0.1, -0.05) is 18.2 Å². The van der Waals surface area contributed by atoms with Gasteiger partial charge in [-0.3, -0.25) is 0 Å². The molecule has 0 aliphatic heterocycles. The largest absolute Gasteiger partial charge is 0.492 e. The van der Waals surface area contributed by atoms with Crippen LogP contribution in [0.5, 0.6) is 5.75 Å². The van der Waals surface area contributed by atoms with E-state index < -0.39 is 0 Å². The van der Waals surface area contributed by atoms with Gasteiger partial charge in [-0.05, 0) is 12.1 Å². The minimum atomic E-state index is 0.537. The van der Waals surface area contributed by atoms with Crippen LogP contribution in [-0.4, -0.2) is 12.5 Å². The number of rotatable bonds is 3. The Balaban J connectivity index is 2.43. The minimum Gasteiger partial charge on any atom is -0.492 e. The van der Waals surface area contributed by atoms with Crippen molar-refractivity contribution in [2.24, 2.45) is 0 Å². The Morgan fingerprint density at radius 3 is 2.50 bits per heavy atom. The summed E-state index contributed by atoms with van der Waals surface area (Å²) in [5.74, 6) is 1.41. The highest BCUT2D eigenvalue weighted by Gasteiger charge is 1.87. The van der Waals surface area contributed by atoms with Gasteiger partial charge in [0.25, 0.3) is 0 Å². The van der Waals surface area contributed by atoms with Crippen LogP contribution in [0.1, 0.15) is 0 Å². The van der Waals surface area contributed by atoms with Crippen molar-refractivity contribution in [1.29, 1.82) is 0 Å². The molecule has 0 unspecified atom stereocenters. The Kier molecular flexibility index (Phi) is 3.10. The summed E-state index contributed by atoms with van der Waals surface area (Å²) in [6.45, 7) is 0.575. The van der Waals surface area contributed by atoms with E-state index in [2.05, 4.69) is 0 Å². The summed E-state index contributed by atoms with van der Waals surface area (Å²) in [6, 6.07) is 9.64. The lowest BCUT2D eigenvalue weighted by atomic mass is 10.3. The molecule has 0 aliphatic rings. The van der Waals surface area contributed by atoms with Gasteiger partial charge in [-0.25, -0.2) is 0 Å². The second-order valence-electron chi connectivity index (χ2n) is 1.85. The van der Waals surface area contributed by atoms with Crippen LogP contribution in [0, 0.1) is 0 Å². The minimum absolute atomic E-state index is 0.537. The van der Waals surface area contributed by atoms with Crippen molar-refractivity contribution in [1.82, 2.24) is 0 Å². The summed E-state index contributed by atoms with van der Waals surface area (Å²) in [5, 5.41) is 0. The van der Waals surface area contributed by atoms with Gasteiger partial charge in [-0.15, -0.1) is 11.6 Å². The molecule has 0 atom stereocenters. The molecule has 1 rings (SSSR count). The predicted molar refractivity (Wildman–Crippen MR) is 42.7 cm³/mol. The van der Waals surface area contributed by atoms with Crippen molar-refractivity contribution in [3.05, 3.63) is 30.3 Å². The molecule has 0 fully saturated rings. The highest BCUT2D eigenvalue weighted by atomic mass is 35.5. The van der Waals surface area contributed by atoms with Crippen LogP contribution in [0.4, 0.5) is 0 Å². The molecule has 54 valence electrons. The zero-order valence-corrected chi connectivity index (χ0v) is 6.34. The van der Waals surface area contributed by atoms with Gasteiger partial charge >= 0.3 is 0 Å². The van der Waals surface area contributed by atoms with E-state index in [4.69, 9.17) is 16.3 Å². The number of hydrogen-bond acceptors (Lipinski definition) is 1. The van der Waals surface area contributed by atoms with E-state index in [9.17, 15) is 0 Å². The Bertz CT molecular complexity index is 174. The average Bonchev–Trinajstić information content (AvgIpc) is 2.03. The highest BCUT2D eigenvalue weighted by Crippen LogP contribution is 2.07. The van der Waals surface area contributed by atoms with E-state index in [1.807, 2.05) is 30.3 Å². The molecule has 1 aromatic carbocycles. The van der Waals surface area contributed by atoms with Gasteiger partial charge < -0.3 is 4.74 Å². The monoisotopic (exact) mass is 156 g/mol. The average molecular weight is 157 g/mol. The lowest BCUT2D eigenvalue weighted by Crippen LogP contribution is -1.96. The fourth-order valence-corrected chi connectivity index (χ4v) is 0.750. The summed E-state index contributed by atoms with van der Waals surface area (Å²) < 4.78 is 5.22. The van der Waals surface area contributed by atoms with Gasteiger partial charge in [0.2, 0.25) is 0 Å².